The van der Waals surface area contributed by atoms with Gasteiger partial charge in [-0.1, -0.05) is 13.8 Å². The fraction of sp³-hybridized carbons (Fsp3) is 0.455. The summed E-state index contributed by atoms with van der Waals surface area (Å²) in [4.78, 5) is 0. The fourth-order valence-corrected chi connectivity index (χ4v) is 2.84. The Balaban J connectivity index is 3.13. The molecular formula is C11H14Br2O. The smallest absolute Gasteiger partial charge is 0.147 e. The van der Waals surface area contributed by atoms with Gasteiger partial charge in [-0.05, 0) is 61.9 Å². The molecule has 0 bridgehead atoms. The van der Waals surface area contributed by atoms with Crippen LogP contribution in [0.15, 0.2) is 21.1 Å². The first-order valence-corrected chi connectivity index (χ1v) is 6.21. The molecule has 1 aromatic rings. The monoisotopic (exact) mass is 320 g/mol. The van der Waals surface area contributed by atoms with Gasteiger partial charge in [-0.25, -0.2) is 0 Å². The molecule has 3 heteroatoms. The van der Waals surface area contributed by atoms with E-state index in [4.69, 9.17) is 4.74 Å². The highest BCUT2D eigenvalue weighted by molar-refractivity contribution is 9.11. The summed E-state index contributed by atoms with van der Waals surface area (Å²) >= 11 is 7.00. The zero-order valence-corrected chi connectivity index (χ0v) is 11.8. The van der Waals surface area contributed by atoms with Crippen LogP contribution in [0.4, 0.5) is 0 Å². The van der Waals surface area contributed by atoms with E-state index in [9.17, 15) is 0 Å². The quantitative estimate of drug-likeness (QED) is 0.781. The van der Waals surface area contributed by atoms with Crippen LogP contribution in [0.5, 0.6) is 5.75 Å². The lowest BCUT2D eigenvalue weighted by Gasteiger charge is -2.13. The molecule has 0 saturated carbocycles. The standard InChI is InChI=1S/C11H14Br2O/c1-4-7(2)8-5-9(12)11(14-3)10(13)6-8/h5-7H,4H2,1-3H3. The van der Waals surface area contributed by atoms with Gasteiger partial charge in [0.1, 0.15) is 5.75 Å². The SMILES string of the molecule is CCC(C)c1cc(Br)c(OC)c(Br)c1. The number of methoxy groups -OCH3 is 1. The Labute approximate surface area is 102 Å². The van der Waals surface area contributed by atoms with Gasteiger partial charge < -0.3 is 4.74 Å². The number of rotatable bonds is 3. The van der Waals surface area contributed by atoms with Crippen LogP contribution in [0.3, 0.4) is 0 Å². The fourth-order valence-electron chi connectivity index (χ4n) is 1.29. The first kappa shape index (κ1) is 12.1. The molecule has 1 atom stereocenters. The predicted molar refractivity (Wildman–Crippen MR) is 67.1 cm³/mol. The van der Waals surface area contributed by atoms with Crippen molar-refractivity contribution in [3.63, 3.8) is 0 Å². The van der Waals surface area contributed by atoms with E-state index in [1.807, 2.05) is 0 Å². The van der Waals surface area contributed by atoms with Crippen molar-refractivity contribution in [1.82, 2.24) is 0 Å². The van der Waals surface area contributed by atoms with Crippen LogP contribution >= 0.6 is 31.9 Å². The van der Waals surface area contributed by atoms with E-state index in [1.165, 1.54) is 5.56 Å². The minimum atomic E-state index is 0.577. The molecule has 0 aliphatic heterocycles. The number of ether oxygens (including phenoxy) is 1. The lowest BCUT2D eigenvalue weighted by Crippen LogP contribution is -1.94. The second-order valence-electron chi connectivity index (χ2n) is 3.33. The maximum absolute atomic E-state index is 5.25. The maximum Gasteiger partial charge on any atom is 0.147 e. The summed E-state index contributed by atoms with van der Waals surface area (Å²) in [5.41, 5.74) is 1.33. The topological polar surface area (TPSA) is 9.23 Å². The molecule has 0 N–H and O–H groups in total. The molecule has 0 spiro atoms. The molecule has 1 rings (SSSR count). The van der Waals surface area contributed by atoms with Crippen LogP contribution in [0.2, 0.25) is 0 Å². The highest BCUT2D eigenvalue weighted by Gasteiger charge is 2.10. The first-order valence-electron chi connectivity index (χ1n) is 4.63. The van der Waals surface area contributed by atoms with Gasteiger partial charge in [0.25, 0.3) is 0 Å². The van der Waals surface area contributed by atoms with Gasteiger partial charge in [-0.3, -0.25) is 0 Å². The van der Waals surface area contributed by atoms with Crippen molar-refractivity contribution in [2.24, 2.45) is 0 Å². The van der Waals surface area contributed by atoms with Crippen molar-refractivity contribution in [2.75, 3.05) is 7.11 Å². The third-order valence-electron chi connectivity index (χ3n) is 2.41. The van der Waals surface area contributed by atoms with Crippen molar-refractivity contribution < 1.29 is 4.74 Å². The van der Waals surface area contributed by atoms with E-state index in [0.717, 1.165) is 21.1 Å². The molecule has 0 amide bonds. The molecule has 1 unspecified atom stereocenters. The molecule has 1 nitrogen and oxygen atoms in total. The van der Waals surface area contributed by atoms with Crippen LogP contribution < -0.4 is 4.74 Å². The van der Waals surface area contributed by atoms with Crippen LogP contribution in [0, 0.1) is 0 Å². The molecule has 0 aromatic heterocycles. The van der Waals surface area contributed by atoms with Gasteiger partial charge >= 0.3 is 0 Å². The van der Waals surface area contributed by atoms with Crippen molar-refractivity contribution >= 4 is 31.9 Å². The van der Waals surface area contributed by atoms with Gasteiger partial charge in [0.2, 0.25) is 0 Å². The molecule has 0 aliphatic carbocycles. The van der Waals surface area contributed by atoms with E-state index < -0.39 is 0 Å². The van der Waals surface area contributed by atoms with Crippen LogP contribution in [0.25, 0.3) is 0 Å². The lowest BCUT2D eigenvalue weighted by atomic mass is 9.99. The van der Waals surface area contributed by atoms with Gasteiger partial charge in [-0.15, -0.1) is 0 Å². The summed E-state index contributed by atoms with van der Waals surface area (Å²) in [7, 11) is 1.67. The number of benzene rings is 1. The maximum atomic E-state index is 5.25. The Bertz CT molecular complexity index is 300. The van der Waals surface area contributed by atoms with Crippen molar-refractivity contribution in [1.29, 1.82) is 0 Å². The van der Waals surface area contributed by atoms with E-state index >= 15 is 0 Å². The minimum absolute atomic E-state index is 0.577. The molecule has 1 aromatic carbocycles. The molecule has 14 heavy (non-hydrogen) atoms. The van der Waals surface area contributed by atoms with Crippen LogP contribution in [-0.4, -0.2) is 7.11 Å². The summed E-state index contributed by atoms with van der Waals surface area (Å²) in [5.74, 6) is 1.44. The normalized spacial score (nSPS) is 12.6. The van der Waals surface area contributed by atoms with Crippen LogP contribution in [-0.2, 0) is 0 Å². The van der Waals surface area contributed by atoms with Gasteiger partial charge in [0, 0.05) is 0 Å². The molecule has 0 saturated heterocycles. The molecule has 78 valence electrons. The average Bonchev–Trinajstić information content (AvgIpc) is 2.16. The number of halogens is 2. The zero-order chi connectivity index (χ0) is 10.7. The van der Waals surface area contributed by atoms with E-state index in [2.05, 4.69) is 57.8 Å². The lowest BCUT2D eigenvalue weighted by molar-refractivity contribution is 0.409. The molecule has 0 fully saturated rings. The Morgan fingerprint density at radius 1 is 1.29 bits per heavy atom. The molecule has 0 aliphatic rings. The second-order valence-corrected chi connectivity index (χ2v) is 5.04. The van der Waals surface area contributed by atoms with Crippen molar-refractivity contribution in [3.8, 4) is 5.75 Å². The van der Waals surface area contributed by atoms with Crippen molar-refractivity contribution in [2.45, 2.75) is 26.2 Å². The zero-order valence-electron chi connectivity index (χ0n) is 8.60. The summed E-state index contributed by atoms with van der Waals surface area (Å²) < 4.78 is 7.26. The van der Waals surface area contributed by atoms with E-state index in [0.29, 0.717) is 5.92 Å². The molecule has 0 radical (unpaired) electrons. The van der Waals surface area contributed by atoms with Crippen LogP contribution in [0.1, 0.15) is 31.7 Å². The summed E-state index contributed by atoms with van der Waals surface area (Å²) in [6.07, 6.45) is 1.14. The Kier molecular flexibility index (Phi) is 4.45. The van der Waals surface area contributed by atoms with Gasteiger partial charge in [-0.2, -0.15) is 0 Å². The minimum Gasteiger partial charge on any atom is -0.494 e. The summed E-state index contributed by atoms with van der Waals surface area (Å²) in [5, 5.41) is 0. The van der Waals surface area contributed by atoms with Crippen molar-refractivity contribution in [3.05, 3.63) is 26.6 Å². The van der Waals surface area contributed by atoms with Gasteiger partial charge in [0.15, 0.2) is 0 Å². The number of hydrogen-bond donors (Lipinski definition) is 0. The van der Waals surface area contributed by atoms with E-state index in [-0.39, 0.29) is 0 Å². The Hall–Kier alpha value is -0.0200. The van der Waals surface area contributed by atoms with Gasteiger partial charge in [0.05, 0.1) is 16.1 Å². The molecular weight excluding hydrogens is 308 g/mol. The molecule has 0 heterocycles. The number of hydrogen-bond acceptors (Lipinski definition) is 1. The first-order chi connectivity index (χ1) is 6.60. The average molecular weight is 322 g/mol. The summed E-state index contributed by atoms with van der Waals surface area (Å²) in [6, 6.07) is 4.25. The highest BCUT2D eigenvalue weighted by Crippen LogP contribution is 2.36. The van der Waals surface area contributed by atoms with E-state index in [1.54, 1.807) is 7.11 Å². The predicted octanol–water partition coefficient (Wildman–Crippen LogP) is 4.73. The largest absolute Gasteiger partial charge is 0.494 e. The highest BCUT2D eigenvalue weighted by atomic mass is 79.9. The Morgan fingerprint density at radius 2 is 1.79 bits per heavy atom. The third kappa shape index (κ3) is 2.51. The summed E-state index contributed by atoms with van der Waals surface area (Å²) in [6.45, 7) is 4.41. The third-order valence-corrected chi connectivity index (χ3v) is 3.58. The Morgan fingerprint density at radius 3 is 2.14 bits per heavy atom. The second kappa shape index (κ2) is 5.17.